The van der Waals surface area contributed by atoms with Crippen LogP contribution in [0.25, 0.3) is 0 Å². The molecular weight excluding hydrogens is 279 g/mol. The van der Waals surface area contributed by atoms with Crippen LogP contribution in [0, 0.1) is 11.7 Å². The van der Waals surface area contributed by atoms with Crippen LogP contribution in [0.1, 0.15) is 19.3 Å². The van der Waals surface area contributed by atoms with E-state index in [2.05, 4.69) is 4.72 Å². The second-order valence-corrected chi connectivity index (χ2v) is 6.63. The number of hydrogen-bond donors (Lipinski definition) is 2. The summed E-state index contributed by atoms with van der Waals surface area (Å²) in [5, 5.41) is 0.0953. The average molecular weight is 293 g/mol. The molecule has 1 aromatic carbocycles. The van der Waals surface area contributed by atoms with Crippen molar-refractivity contribution in [2.75, 3.05) is 12.3 Å². The Hall–Kier alpha value is -0.850. The Morgan fingerprint density at radius 3 is 2.67 bits per heavy atom. The van der Waals surface area contributed by atoms with Gasteiger partial charge in [0.25, 0.3) is 0 Å². The molecule has 1 aliphatic rings. The van der Waals surface area contributed by atoms with E-state index in [0.29, 0.717) is 12.5 Å². The molecule has 0 radical (unpaired) electrons. The largest absolute Gasteiger partial charge is 0.396 e. The summed E-state index contributed by atoms with van der Waals surface area (Å²) in [7, 11) is -3.90. The first-order valence-electron chi connectivity index (χ1n) is 5.64. The van der Waals surface area contributed by atoms with Crippen molar-refractivity contribution in [3.05, 3.63) is 23.0 Å². The maximum absolute atomic E-state index is 13.7. The first-order valence-corrected chi connectivity index (χ1v) is 7.50. The van der Waals surface area contributed by atoms with Crippen LogP contribution in [0.4, 0.5) is 10.1 Å². The molecular formula is C11H14ClFN2O2S. The Kier molecular flexibility index (Phi) is 3.79. The lowest BCUT2D eigenvalue weighted by Gasteiger charge is -2.25. The molecule has 7 heteroatoms. The Labute approximate surface area is 110 Å². The van der Waals surface area contributed by atoms with E-state index in [-0.39, 0.29) is 10.7 Å². The van der Waals surface area contributed by atoms with E-state index in [1.165, 1.54) is 6.07 Å². The maximum Gasteiger partial charge on any atom is 0.243 e. The predicted molar refractivity (Wildman–Crippen MR) is 68.4 cm³/mol. The van der Waals surface area contributed by atoms with Gasteiger partial charge in [-0.2, -0.15) is 0 Å². The molecule has 0 spiro atoms. The fourth-order valence-electron chi connectivity index (χ4n) is 1.78. The first-order chi connectivity index (χ1) is 8.40. The third-order valence-corrected chi connectivity index (χ3v) is 4.75. The number of nitrogens with one attached hydrogen (secondary N) is 1. The van der Waals surface area contributed by atoms with Gasteiger partial charge in [0.1, 0.15) is 4.90 Å². The highest BCUT2D eigenvalue weighted by Gasteiger charge is 2.24. The molecule has 100 valence electrons. The minimum absolute atomic E-state index is 0.0953. The summed E-state index contributed by atoms with van der Waals surface area (Å²) in [6.07, 6.45) is 3.12. The molecule has 0 saturated heterocycles. The summed E-state index contributed by atoms with van der Waals surface area (Å²) in [6.45, 7) is 0.328. The maximum atomic E-state index is 13.7. The fourth-order valence-corrected chi connectivity index (χ4v) is 3.32. The van der Waals surface area contributed by atoms with Crippen LogP contribution in [-0.2, 0) is 10.0 Å². The van der Waals surface area contributed by atoms with Crippen molar-refractivity contribution in [2.45, 2.75) is 24.2 Å². The number of benzene rings is 1. The zero-order chi connectivity index (χ0) is 13.3. The molecule has 0 bridgehead atoms. The van der Waals surface area contributed by atoms with Crippen molar-refractivity contribution in [1.29, 1.82) is 0 Å². The summed E-state index contributed by atoms with van der Waals surface area (Å²) in [6, 6.07) is 2.25. The van der Waals surface area contributed by atoms with E-state index >= 15 is 0 Å². The van der Waals surface area contributed by atoms with Crippen LogP contribution in [0.15, 0.2) is 17.0 Å². The van der Waals surface area contributed by atoms with Crippen molar-refractivity contribution >= 4 is 27.3 Å². The highest BCUT2D eigenvalue weighted by Crippen LogP contribution is 2.27. The highest BCUT2D eigenvalue weighted by atomic mass is 35.5. The van der Waals surface area contributed by atoms with Gasteiger partial charge in [0.05, 0.1) is 5.69 Å². The lowest BCUT2D eigenvalue weighted by atomic mass is 9.86. The number of anilines is 1. The van der Waals surface area contributed by atoms with Crippen LogP contribution in [0.3, 0.4) is 0 Å². The Bertz CT molecular complexity index is 558. The van der Waals surface area contributed by atoms with E-state index < -0.39 is 20.7 Å². The number of rotatable bonds is 4. The molecule has 0 atom stereocenters. The minimum atomic E-state index is -3.90. The van der Waals surface area contributed by atoms with Gasteiger partial charge in [-0.1, -0.05) is 18.0 Å². The average Bonchev–Trinajstić information content (AvgIpc) is 2.20. The van der Waals surface area contributed by atoms with Gasteiger partial charge in [-0.3, -0.25) is 0 Å². The van der Waals surface area contributed by atoms with Gasteiger partial charge in [0.2, 0.25) is 10.0 Å². The summed E-state index contributed by atoms with van der Waals surface area (Å²) in [5.74, 6) is -0.611. The molecule has 1 fully saturated rings. The first kappa shape index (κ1) is 13.6. The zero-order valence-electron chi connectivity index (χ0n) is 9.62. The topological polar surface area (TPSA) is 72.2 Å². The monoisotopic (exact) mass is 292 g/mol. The molecule has 2 rings (SSSR count). The summed E-state index contributed by atoms with van der Waals surface area (Å²) >= 11 is 5.69. The van der Waals surface area contributed by atoms with E-state index in [1.807, 2.05) is 0 Å². The molecule has 0 heterocycles. The van der Waals surface area contributed by atoms with Crippen molar-refractivity contribution in [3.63, 3.8) is 0 Å². The van der Waals surface area contributed by atoms with Gasteiger partial charge in [-0.25, -0.2) is 17.5 Å². The molecule has 0 unspecified atom stereocenters. The summed E-state index contributed by atoms with van der Waals surface area (Å²) in [5.41, 5.74) is 5.09. The third-order valence-electron chi connectivity index (χ3n) is 3.11. The van der Waals surface area contributed by atoms with Crippen LogP contribution in [-0.4, -0.2) is 15.0 Å². The number of halogens is 2. The van der Waals surface area contributed by atoms with Crippen molar-refractivity contribution in [2.24, 2.45) is 5.92 Å². The second-order valence-electron chi connectivity index (χ2n) is 4.46. The van der Waals surface area contributed by atoms with Crippen LogP contribution < -0.4 is 10.5 Å². The number of nitrogens with two attached hydrogens (primary N) is 1. The number of hydrogen-bond acceptors (Lipinski definition) is 3. The predicted octanol–water partition coefficient (Wildman–Crippen LogP) is 2.14. The normalized spacial score (nSPS) is 16.6. The standard InChI is InChI=1S/C11H14ClFN2O2S/c12-8-4-9(14)11(13)10(5-8)18(16,17)15-6-7-2-1-3-7/h4-5,7,15H,1-3,6,14H2. The summed E-state index contributed by atoms with van der Waals surface area (Å²) in [4.78, 5) is -0.494. The smallest absolute Gasteiger partial charge is 0.243 e. The molecule has 18 heavy (non-hydrogen) atoms. The van der Waals surface area contributed by atoms with Crippen LogP contribution in [0.5, 0.6) is 0 Å². The van der Waals surface area contributed by atoms with Gasteiger partial charge in [-0.15, -0.1) is 0 Å². The van der Waals surface area contributed by atoms with Crippen LogP contribution >= 0.6 is 11.6 Å². The van der Waals surface area contributed by atoms with Gasteiger partial charge in [0, 0.05) is 11.6 Å². The summed E-state index contributed by atoms with van der Waals surface area (Å²) < 4.78 is 40.0. The fraction of sp³-hybridized carbons (Fsp3) is 0.455. The quantitative estimate of drug-likeness (QED) is 0.835. The van der Waals surface area contributed by atoms with Crippen molar-refractivity contribution in [3.8, 4) is 0 Å². The van der Waals surface area contributed by atoms with Crippen LogP contribution in [0.2, 0.25) is 5.02 Å². The Morgan fingerprint density at radius 1 is 1.44 bits per heavy atom. The highest BCUT2D eigenvalue weighted by molar-refractivity contribution is 7.89. The molecule has 4 nitrogen and oxygen atoms in total. The zero-order valence-corrected chi connectivity index (χ0v) is 11.2. The Morgan fingerprint density at radius 2 is 2.11 bits per heavy atom. The van der Waals surface area contributed by atoms with Gasteiger partial charge in [-0.05, 0) is 30.9 Å². The Balaban J connectivity index is 2.22. The minimum Gasteiger partial charge on any atom is -0.396 e. The van der Waals surface area contributed by atoms with Gasteiger partial charge < -0.3 is 5.73 Å². The lowest BCUT2D eigenvalue weighted by molar-refractivity contribution is 0.316. The molecule has 0 amide bonds. The molecule has 1 saturated carbocycles. The van der Waals surface area contributed by atoms with E-state index in [9.17, 15) is 12.8 Å². The molecule has 1 aliphatic carbocycles. The van der Waals surface area contributed by atoms with Gasteiger partial charge >= 0.3 is 0 Å². The second kappa shape index (κ2) is 5.03. The van der Waals surface area contributed by atoms with Crippen molar-refractivity contribution in [1.82, 2.24) is 4.72 Å². The molecule has 3 N–H and O–H groups in total. The lowest BCUT2D eigenvalue weighted by Crippen LogP contribution is -2.32. The SMILES string of the molecule is Nc1cc(Cl)cc(S(=O)(=O)NCC2CCC2)c1F. The third kappa shape index (κ3) is 2.76. The van der Waals surface area contributed by atoms with Gasteiger partial charge in [0.15, 0.2) is 5.82 Å². The number of sulfonamides is 1. The molecule has 0 aromatic heterocycles. The number of nitrogen functional groups attached to an aromatic ring is 1. The van der Waals surface area contributed by atoms with E-state index in [0.717, 1.165) is 25.3 Å². The van der Waals surface area contributed by atoms with E-state index in [4.69, 9.17) is 17.3 Å². The van der Waals surface area contributed by atoms with Crippen molar-refractivity contribution < 1.29 is 12.8 Å². The van der Waals surface area contributed by atoms with E-state index in [1.54, 1.807) is 0 Å². The molecule has 0 aliphatic heterocycles. The molecule has 1 aromatic rings.